The third kappa shape index (κ3) is 5.25. The van der Waals surface area contributed by atoms with Crippen molar-refractivity contribution in [2.24, 2.45) is 0 Å². The van der Waals surface area contributed by atoms with E-state index in [1.165, 1.54) is 0 Å². The van der Waals surface area contributed by atoms with Gasteiger partial charge in [0.1, 0.15) is 0 Å². The lowest BCUT2D eigenvalue weighted by Gasteiger charge is -2.20. The molecule has 0 fully saturated rings. The van der Waals surface area contributed by atoms with Gasteiger partial charge in [-0.15, -0.1) is 0 Å². The Morgan fingerprint density at radius 2 is 2.13 bits per heavy atom. The molecule has 126 valence electrons. The summed E-state index contributed by atoms with van der Waals surface area (Å²) in [5.74, 6) is 0.0634. The fourth-order valence-corrected chi connectivity index (χ4v) is 2.60. The Morgan fingerprint density at radius 1 is 1.35 bits per heavy atom. The zero-order valence-corrected chi connectivity index (χ0v) is 14.1. The first-order valence-electron chi connectivity index (χ1n) is 8.07. The van der Waals surface area contributed by atoms with Gasteiger partial charge >= 0.3 is 6.03 Å². The zero-order valence-electron chi connectivity index (χ0n) is 14.1. The summed E-state index contributed by atoms with van der Waals surface area (Å²) in [7, 11) is 4.03. The first kappa shape index (κ1) is 17.3. The van der Waals surface area contributed by atoms with Crippen molar-refractivity contribution in [3.63, 3.8) is 0 Å². The van der Waals surface area contributed by atoms with Gasteiger partial charge in [0.15, 0.2) is 0 Å². The largest absolute Gasteiger partial charge is 0.338 e. The van der Waals surface area contributed by atoms with Gasteiger partial charge in [0.2, 0.25) is 5.91 Å². The van der Waals surface area contributed by atoms with Gasteiger partial charge in [-0.2, -0.15) is 0 Å². The molecule has 1 aliphatic rings. The number of aryl methyl sites for hydroxylation is 1. The Labute approximate surface area is 137 Å². The average molecular weight is 318 g/mol. The summed E-state index contributed by atoms with van der Waals surface area (Å²) in [5.41, 5.74) is 3.05. The van der Waals surface area contributed by atoms with Gasteiger partial charge in [-0.3, -0.25) is 4.79 Å². The van der Waals surface area contributed by atoms with E-state index in [0.29, 0.717) is 13.0 Å². The van der Waals surface area contributed by atoms with Crippen LogP contribution in [0.5, 0.6) is 0 Å². The van der Waals surface area contributed by atoms with E-state index in [2.05, 4.69) is 26.9 Å². The topological polar surface area (TPSA) is 73.5 Å². The molecule has 3 amide bonds. The maximum absolute atomic E-state index is 11.9. The average Bonchev–Trinajstić information content (AvgIpc) is 2.50. The minimum absolute atomic E-state index is 0.0634. The van der Waals surface area contributed by atoms with Crippen LogP contribution in [0.3, 0.4) is 0 Å². The molecule has 1 unspecified atom stereocenters. The number of nitrogens with one attached hydrogen (secondary N) is 3. The molecule has 0 aromatic heterocycles. The van der Waals surface area contributed by atoms with Crippen molar-refractivity contribution < 1.29 is 9.59 Å². The second-order valence-electron chi connectivity index (χ2n) is 6.24. The van der Waals surface area contributed by atoms with Crippen molar-refractivity contribution in [2.45, 2.75) is 32.2 Å². The first-order valence-corrected chi connectivity index (χ1v) is 8.07. The Kier molecular flexibility index (Phi) is 5.98. The van der Waals surface area contributed by atoms with Gasteiger partial charge in [-0.05, 0) is 57.6 Å². The van der Waals surface area contributed by atoms with Gasteiger partial charge < -0.3 is 20.9 Å². The van der Waals surface area contributed by atoms with Gasteiger partial charge in [0, 0.05) is 18.7 Å². The molecule has 0 spiro atoms. The summed E-state index contributed by atoms with van der Waals surface area (Å²) in [6.45, 7) is 3.57. The number of benzene rings is 1. The standard InChI is InChI=1S/C17H26N4O2/c1-12(19-17(23)18-9-4-10-21(2)3)13-5-7-15-14(11-13)6-8-16(22)20-15/h5,7,11-12H,4,6,8-10H2,1-3H3,(H,20,22)(H2,18,19,23). The number of hydrogen-bond donors (Lipinski definition) is 3. The highest BCUT2D eigenvalue weighted by Gasteiger charge is 2.17. The molecular formula is C17H26N4O2. The van der Waals surface area contributed by atoms with Gasteiger partial charge in [0.25, 0.3) is 0 Å². The third-order valence-electron chi connectivity index (χ3n) is 3.94. The zero-order chi connectivity index (χ0) is 16.8. The van der Waals surface area contributed by atoms with Gasteiger partial charge in [0.05, 0.1) is 6.04 Å². The lowest BCUT2D eigenvalue weighted by Crippen LogP contribution is -2.38. The summed E-state index contributed by atoms with van der Waals surface area (Å²) in [5, 5.41) is 8.69. The Balaban J connectivity index is 1.84. The number of fused-ring (bicyclic) bond motifs is 1. The Hall–Kier alpha value is -2.08. The predicted molar refractivity (Wildman–Crippen MR) is 91.5 cm³/mol. The molecule has 1 aliphatic heterocycles. The number of nitrogens with zero attached hydrogens (tertiary/aromatic N) is 1. The molecule has 2 rings (SSSR count). The van der Waals surface area contributed by atoms with Crippen LogP contribution in [0.1, 0.15) is 36.9 Å². The molecule has 0 saturated heterocycles. The highest BCUT2D eigenvalue weighted by Crippen LogP contribution is 2.25. The predicted octanol–water partition coefficient (Wildman–Crippen LogP) is 1.88. The fourth-order valence-electron chi connectivity index (χ4n) is 2.60. The number of carbonyl (C=O) groups excluding carboxylic acids is 2. The normalized spacial score (nSPS) is 14.9. The smallest absolute Gasteiger partial charge is 0.315 e. The number of urea groups is 1. The van der Waals surface area contributed by atoms with Crippen molar-refractivity contribution >= 4 is 17.6 Å². The fraction of sp³-hybridized carbons (Fsp3) is 0.529. The number of carbonyl (C=O) groups is 2. The summed E-state index contributed by atoms with van der Waals surface area (Å²) >= 11 is 0. The van der Waals surface area contributed by atoms with Crippen molar-refractivity contribution in [2.75, 3.05) is 32.5 Å². The number of rotatable bonds is 6. The summed E-state index contributed by atoms with van der Waals surface area (Å²) < 4.78 is 0. The quantitative estimate of drug-likeness (QED) is 0.701. The molecule has 0 saturated carbocycles. The highest BCUT2D eigenvalue weighted by molar-refractivity contribution is 5.93. The van der Waals surface area contributed by atoms with Crippen molar-refractivity contribution in [1.82, 2.24) is 15.5 Å². The lowest BCUT2D eigenvalue weighted by atomic mass is 9.98. The van der Waals surface area contributed by atoms with Crippen LogP contribution in [-0.2, 0) is 11.2 Å². The molecule has 1 heterocycles. The van der Waals surface area contributed by atoms with Crippen LogP contribution in [-0.4, -0.2) is 44.0 Å². The highest BCUT2D eigenvalue weighted by atomic mass is 16.2. The monoisotopic (exact) mass is 318 g/mol. The van der Waals surface area contributed by atoms with E-state index in [1.807, 2.05) is 33.2 Å². The summed E-state index contributed by atoms with van der Waals surface area (Å²) in [6.07, 6.45) is 2.19. The molecular weight excluding hydrogens is 292 g/mol. The molecule has 0 aliphatic carbocycles. The van der Waals surface area contributed by atoms with Crippen LogP contribution in [0.2, 0.25) is 0 Å². The maximum atomic E-state index is 11.9. The van der Waals surface area contributed by atoms with Crippen LogP contribution in [0.25, 0.3) is 0 Å². The van der Waals surface area contributed by atoms with Crippen molar-refractivity contribution in [1.29, 1.82) is 0 Å². The van der Waals surface area contributed by atoms with E-state index >= 15 is 0 Å². The third-order valence-corrected chi connectivity index (χ3v) is 3.94. The molecule has 1 atom stereocenters. The summed E-state index contributed by atoms with van der Waals surface area (Å²) in [4.78, 5) is 25.4. The molecule has 1 aromatic carbocycles. The lowest BCUT2D eigenvalue weighted by molar-refractivity contribution is -0.116. The minimum Gasteiger partial charge on any atom is -0.338 e. The van der Waals surface area contributed by atoms with E-state index < -0.39 is 0 Å². The molecule has 0 bridgehead atoms. The number of hydrogen-bond acceptors (Lipinski definition) is 3. The maximum Gasteiger partial charge on any atom is 0.315 e. The van der Waals surface area contributed by atoms with Crippen LogP contribution >= 0.6 is 0 Å². The molecule has 3 N–H and O–H groups in total. The van der Waals surface area contributed by atoms with E-state index in [1.54, 1.807) is 0 Å². The Morgan fingerprint density at radius 3 is 2.87 bits per heavy atom. The second kappa shape index (κ2) is 7.97. The second-order valence-corrected chi connectivity index (χ2v) is 6.24. The molecule has 1 aromatic rings. The molecule has 6 heteroatoms. The molecule has 0 radical (unpaired) electrons. The van der Waals surface area contributed by atoms with E-state index in [4.69, 9.17) is 0 Å². The van der Waals surface area contributed by atoms with E-state index in [-0.39, 0.29) is 18.0 Å². The van der Waals surface area contributed by atoms with Gasteiger partial charge in [-0.25, -0.2) is 4.79 Å². The first-order chi connectivity index (χ1) is 11.0. The Bertz CT molecular complexity index is 572. The van der Waals surface area contributed by atoms with Crippen LogP contribution < -0.4 is 16.0 Å². The SMILES string of the molecule is CC(NC(=O)NCCCN(C)C)c1ccc2c(c1)CCC(=O)N2. The number of amides is 3. The van der Waals surface area contributed by atoms with E-state index in [9.17, 15) is 9.59 Å². The van der Waals surface area contributed by atoms with Gasteiger partial charge in [-0.1, -0.05) is 12.1 Å². The van der Waals surface area contributed by atoms with Crippen LogP contribution in [0, 0.1) is 0 Å². The van der Waals surface area contributed by atoms with Crippen molar-refractivity contribution in [3.8, 4) is 0 Å². The van der Waals surface area contributed by atoms with Crippen molar-refractivity contribution in [3.05, 3.63) is 29.3 Å². The number of anilines is 1. The minimum atomic E-state index is -0.151. The summed E-state index contributed by atoms with van der Waals surface area (Å²) in [6, 6.07) is 5.69. The molecule has 23 heavy (non-hydrogen) atoms. The molecule has 6 nitrogen and oxygen atoms in total. The van der Waals surface area contributed by atoms with Crippen LogP contribution in [0.4, 0.5) is 10.5 Å². The van der Waals surface area contributed by atoms with E-state index in [0.717, 1.165) is 36.2 Å². The van der Waals surface area contributed by atoms with Crippen LogP contribution in [0.15, 0.2) is 18.2 Å².